The SMILES string of the molecule is CCCCCCCCCCCC(=O)N[C@H]1[C@H](Oc2c3cc4cc2Oc2ccc(cc2Cl)[C@@H](O)[C@@H]2NC(=O)[C@H](NC(=O)[C@@H]4NC(=O)[C@H]4NC(=O)[C@@H](Cc5ccc(cc5)O3)NC(=O)[C@H](NC)c3ccc(O)c(c3)Oc3cc(O)c(Cl)c4c3)c3ccc(O)c(c3)-c3c(O)cc(O)cc3[C@H](C(=O)O)NC2=O)O[C@H](C(=O)OC)[C@@H](O)[C@@H]1O. The molecule has 112 heavy (non-hydrogen) atoms. The number of rotatable bonds is 16. The number of methoxy groups -OCH3 is 1. The summed E-state index contributed by atoms with van der Waals surface area (Å²) in [4.78, 5) is 134. The summed E-state index contributed by atoms with van der Waals surface area (Å²) in [7, 11) is 2.41. The lowest BCUT2D eigenvalue weighted by atomic mass is 9.89. The highest BCUT2D eigenvalue weighted by Crippen LogP contribution is 2.50. The van der Waals surface area contributed by atoms with E-state index in [1.807, 2.05) is 0 Å². The van der Waals surface area contributed by atoms with Crippen LogP contribution in [-0.4, -0.2) is 156 Å². The van der Waals surface area contributed by atoms with Crippen LogP contribution < -0.4 is 61.5 Å². The number of likely N-dealkylation sites (N-methyl/N-ethyl adjacent to an activating group) is 1. The van der Waals surface area contributed by atoms with Crippen LogP contribution in [-0.2, 0) is 59.0 Å². The first-order valence-corrected chi connectivity index (χ1v) is 36.7. The largest absolute Gasteiger partial charge is 0.508 e. The van der Waals surface area contributed by atoms with E-state index in [1.54, 1.807) is 0 Å². The van der Waals surface area contributed by atoms with Gasteiger partial charge in [0.15, 0.2) is 35.1 Å². The number of hydrogen-bond donors (Lipinski definition) is 17. The van der Waals surface area contributed by atoms with Crippen LogP contribution in [0.25, 0.3) is 11.1 Å². The van der Waals surface area contributed by atoms with Gasteiger partial charge in [0.25, 0.3) is 0 Å². The molecule has 0 aliphatic carbocycles. The number of aliphatic carboxylic acids is 1. The van der Waals surface area contributed by atoms with Gasteiger partial charge in [-0.3, -0.25) is 33.6 Å². The fourth-order valence-corrected chi connectivity index (χ4v) is 14.4. The number of aromatic hydroxyl groups is 5. The fraction of sp³-hybridized carbons (Fsp3) is 0.346. The monoisotopic (exact) mass is 1580 g/mol. The molecule has 0 unspecified atom stereocenters. The molecule has 17 bridgehead atoms. The van der Waals surface area contributed by atoms with E-state index < -0.39 is 216 Å². The standard InChI is InChI=1S/C78H80Cl2N8O24/c1-4-5-6-7-8-9-10-11-12-13-55(94)83-64-66(96)67(97)69(77(106)107-3)112-78(64)111-68-53-28-38-29-54(68)110-51-23-18-37(26-45(51)79)65(95)63-75(103)87-62(76(104)105)43-30-39(89)31-49(92)56(43)42-25-35(16-21-47(42)90)59(72(100)88-63)84-73(101)60(38)85-74(102)61-44-32-41(33-50(93)57(44)80)109-52-27-36(17-22-48(52)91)58(81-2)71(99)82-46(70(98)86-61)24-34-14-19-40(108-53)20-15-34/h14-23,25-33,46,58-67,69,78,81,89-93,95-97H,4-13,24H2,1-3H3,(H,82,99)(H,83,94)(H,84,101)(H,85,102)(H,86,98)(H,87,103)(H,88,100)(H,104,105)/t46-,58-,59-,60-,61+,62-,63+,64-,65-,66-,67+,69+,78-/m1/s1. The molecular formula is C78H80Cl2N8O24. The minimum absolute atomic E-state index is 0.0933. The molecule has 14 rings (SSSR count). The van der Waals surface area contributed by atoms with E-state index in [9.17, 15) is 69.9 Å². The first-order chi connectivity index (χ1) is 53.6. The number of carboxylic acids is 1. The molecule has 32 nitrogen and oxygen atoms in total. The summed E-state index contributed by atoms with van der Waals surface area (Å²) in [5.74, 6) is -17.7. The summed E-state index contributed by atoms with van der Waals surface area (Å²) in [5, 5.41) is 124. The minimum atomic E-state index is -2.37. The number of amides is 7. The van der Waals surface area contributed by atoms with Gasteiger partial charge in [-0.1, -0.05) is 112 Å². The quantitative estimate of drug-likeness (QED) is 0.0344. The van der Waals surface area contributed by atoms with Crippen molar-refractivity contribution in [2.24, 2.45) is 0 Å². The van der Waals surface area contributed by atoms with Gasteiger partial charge in [0, 0.05) is 47.2 Å². The van der Waals surface area contributed by atoms with Gasteiger partial charge < -0.3 is 117 Å². The van der Waals surface area contributed by atoms with Crippen molar-refractivity contribution < 1.29 is 118 Å². The van der Waals surface area contributed by atoms with E-state index in [0.717, 1.165) is 125 Å². The molecular weight excluding hydrogens is 1500 g/mol. The Hall–Kier alpha value is -11.7. The number of unbranched alkanes of at least 4 members (excludes halogenated alkanes) is 8. The number of phenolic OH excluding ortho intramolecular Hbond substituents is 5. The molecule has 590 valence electrons. The second-order valence-corrected chi connectivity index (χ2v) is 28.3. The Morgan fingerprint density at radius 3 is 1.87 bits per heavy atom. The fourth-order valence-electron chi connectivity index (χ4n) is 14.0. The highest BCUT2D eigenvalue weighted by molar-refractivity contribution is 6.33. The van der Waals surface area contributed by atoms with E-state index in [2.05, 4.69) is 49.5 Å². The summed E-state index contributed by atoms with van der Waals surface area (Å²) in [6.07, 6.45) is -2.82. The van der Waals surface area contributed by atoms with Gasteiger partial charge in [-0.2, -0.15) is 0 Å². The zero-order valence-electron chi connectivity index (χ0n) is 60.2. The summed E-state index contributed by atoms with van der Waals surface area (Å²) < 4.78 is 37.5. The number of carboxylic acid groups (broad SMARTS) is 1. The van der Waals surface area contributed by atoms with Crippen molar-refractivity contribution in [3.8, 4) is 80.1 Å². The number of fused-ring (bicyclic) bond motifs is 14. The molecule has 7 amide bonds. The molecule has 0 spiro atoms. The van der Waals surface area contributed by atoms with Crippen molar-refractivity contribution in [2.75, 3.05) is 14.2 Å². The van der Waals surface area contributed by atoms with Crippen molar-refractivity contribution in [3.05, 3.63) is 164 Å². The predicted molar refractivity (Wildman–Crippen MR) is 395 cm³/mol. The van der Waals surface area contributed by atoms with Crippen molar-refractivity contribution >= 4 is 76.5 Å². The average molecular weight is 1580 g/mol. The number of hydrogen-bond acceptors (Lipinski definition) is 24. The Labute approximate surface area is 648 Å². The van der Waals surface area contributed by atoms with Gasteiger partial charge in [0.05, 0.1) is 17.2 Å². The molecule has 7 aliphatic heterocycles. The van der Waals surface area contributed by atoms with E-state index in [4.69, 9.17) is 51.6 Å². The highest BCUT2D eigenvalue weighted by atomic mass is 35.5. The van der Waals surface area contributed by atoms with Gasteiger partial charge in [-0.05, 0) is 114 Å². The lowest BCUT2D eigenvalue weighted by molar-refractivity contribution is -0.242. The van der Waals surface area contributed by atoms with Gasteiger partial charge in [0.1, 0.15) is 101 Å². The van der Waals surface area contributed by atoms with Crippen molar-refractivity contribution in [1.82, 2.24) is 42.5 Å². The van der Waals surface area contributed by atoms with E-state index in [1.165, 1.54) is 49.5 Å². The number of benzene rings is 7. The van der Waals surface area contributed by atoms with Gasteiger partial charge in [-0.25, -0.2) is 9.59 Å². The number of carbonyl (C=O) groups excluding carboxylic acids is 8. The van der Waals surface area contributed by atoms with Crippen LogP contribution in [0.1, 0.15) is 146 Å². The molecule has 17 N–H and O–H groups in total. The summed E-state index contributed by atoms with van der Waals surface area (Å²) in [6, 6.07) is 6.04. The normalized spacial score (nSPS) is 23.6. The van der Waals surface area contributed by atoms with Crippen LogP contribution in [0.3, 0.4) is 0 Å². The van der Waals surface area contributed by atoms with Crippen LogP contribution in [0.15, 0.2) is 115 Å². The molecule has 1 fully saturated rings. The van der Waals surface area contributed by atoms with Crippen molar-refractivity contribution in [3.63, 3.8) is 0 Å². The Morgan fingerprint density at radius 1 is 0.554 bits per heavy atom. The number of nitrogens with one attached hydrogen (secondary N) is 8. The lowest BCUT2D eigenvalue weighted by Gasteiger charge is -2.41. The number of phenols is 5. The summed E-state index contributed by atoms with van der Waals surface area (Å²) in [6.45, 7) is 2.12. The lowest BCUT2D eigenvalue weighted by Crippen LogP contribution is -2.66. The van der Waals surface area contributed by atoms with E-state index in [0.29, 0.717) is 18.4 Å². The number of ether oxygens (including phenoxy) is 6. The zero-order chi connectivity index (χ0) is 80.1. The number of aliphatic hydroxyl groups is 3. The van der Waals surface area contributed by atoms with E-state index >= 15 is 19.2 Å². The third kappa shape index (κ3) is 17.3. The van der Waals surface area contributed by atoms with Gasteiger partial charge in [0.2, 0.25) is 53.4 Å². The molecule has 7 aliphatic rings. The van der Waals surface area contributed by atoms with Crippen LogP contribution in [0, 0.1) is 0 Å². The Balaban J connectivity index is 1.09. The smallest absolute Gasteiger partial charge is 0.337 e. The van der Waals surface area contributed by atoms with Crippen LogP contribution >= 0.6 is 23.2 Å². The molecule has 7 aromatic carbocycles. The van der Waals surface area contributed by atoms with Crippen molar-refractivity contribution in [2.45, 2.75) is 157 Å². The second kappa shape index (κ2) is 34.3. The van der Waals surface area contributed by atoms with Crippen LogP contribution in [0.2, 0.25) is 10.0 Å². The topological polar surface area (TPSA) is 487 Å². The first kappa shape index (κ1) is 79.9. The number of carbonyl (C=O) groups is 9. The van der Waals surface area contributed by atoms with Gasteiger partial charge in [-0.15, -0.1) is 0 Å². The Morgan fingerprint density at radius 2 is 1.18 bits per heavy atom. The summed E-state index contributed by atoms with van der Waals surface area (Å²) >= 11 is 14.1. The van der Waals surface area contributed by atoms with Crippen LogP contribution in [0.5, 0.6) is 69.0 Å². The van der Waals surface area contributed by atoms with E-state index in [-0.39, 0.29) is 52.5 Å². The third-order valence-corrected chi connectivity index (χ3v) is 20.5. The van der Waals surface area contributed by atoms with Crippen molar-refractivity contribution in [1.29, 1.82) is 0 Å². The Kier molecular flexibility index (Phi) is 24.5. The summed E-state index contributed by atoms with van der Waals surface area (Å²) in [5.41, 5.74) is -2.57. The molecule has 7 heterocycles. The maximum absolute atomic E-state index is 16.4. The molecule has 7 aromatic rings. The minimum Gasteiger partial charge on any atom is -0.508 e. The molecule has 34 heteroatoms. The molecule has 1 saturated heterocycles. The second-order valence-electron chi connectivity index (χ2n) is 27.5. The maximum Gasteiger partial charge on any atom is 0.337 e. The average Bonchev–Trinajstić information content (AvgIpc) is 0.811. The highest BCUT2D eigenvalue weighted by Gasteiger charge is 2.51. The third-order valence-electron chi connectivity index (χ3n) is 19.8. The molecule has 0 aromatic heterocycles. The molecule has 0 saturated carbocycles. The number of halogens is 2. The zero-order valence-corrected chi connectivity index (χ0v) is 61.7. The van der Waals surface area contributed by atoms with Gasteiger partial charge >= 0.3 is 11.9 Å². The van der Waals surface area contributed by atoms with Crippen LogP contribution in [0.4, 0.5) is 0 Å². The number of esters is 1. The predicted octanol–water partition coefficient (Wildman–Crippen LogP) is 6.94. The number of aliphatic hydroxyl groups excluding tert-OH is 3. The molecule has 13 atom stereocenters. The maximum atomic E-state index is 16.4. The molecule has 0 radical (unpaired) electrons. The Bertz CT molecular complexity index is 4840. The first-order valence-electron chi connectivity index (χ1n) is 35.9.